The fraction of sp³-hybridized carbons (Fsp3) is 0.540. The van der Waals surface area contributed by atoms with Gasteiger partial charge in [-0.15, -0.1) is 45.3 Å². The smallest absolute Gasteiger partial charge is 0.343 e. The van der Waals surface area contributed by atoms with Gasteiger partial charge in [-0.3, -0.25) is 0 Å². The number of thiazole rings is 4. The molecule has 8 aromatic rings. The van der Waals surface area contributed by atoms with E-state index in [4.69, 9.17) is 9.47 Å². The number of rotatable bonds is 18. The second kappa shape index (κ2) is 33.3. The Morgan fingerprint density at radius 1 is 0.479 bits per heavy atom. The SMILES string of the molecule is CCOC(=O)c1cnc(-c2nc(C)cs2)nc1NC1CCC(F)(F)CC1.COCc1cnc(-c2nc(C)cs2)nc1NC1CCC(F)(F)CC1.Cc1csc(-c2ncc(CBr)c(NC3CCC(F)(F)CC3)n2)n1.Cc1csc(-c2ncc(CO)c(NC3CCC(F)(F)CC3)n2)n1. The predicted octanol–water partition coefficient (Wildman–Crippen LogP) is 16.3. The average Bonchev–Trinajstić information content (AvgIpc) is 1.38. The summed E-state index contributed by atoms with van der Waals surface area (Å²) in [4.78, 5) is 64.8. The lowest BCUT2D eigenvalue weighted by molar-refractivity contribution is -0.0366. The molecule has 0 spiro atoms. The van der Waals surface area contributed by atoms with Crippen LogP contribution in [0.5, 0.6) is 0 Å². The van der Waals surface area contributed by atoms with Gasteiger partial charge in [0.2, 0.25) is 23.7 Å². The van der Waals surface area contributed by atoms with E-state index in [1.54, 1.807) is 32.6 Å². The summed E-state index contributed by atoms with van der Waals surface area (Å²) in [6, 6.07) is -0.237. The molecule has 5 N–H and O–H groups in total. The molecule has 4 aliphatic rings. The molecule has 0 atom stereocenters. The van der Waals surface area contributed by atoms with Crippen molar-refractivity contribution in [3.05, 3.63) is 91.3 Å². The Morgan fingerprint density at radius 3 is 1.07 bits per heavy atom. The van der Waals surface area contributed by atoms with Crippen LogP contribution in [0.3, 0.4) is 0 Å². The number of ether oxygens (including phenoxy) is 2. The highest BCUT2D eigenvalue weighted by Gasteiger charge is 2.39. The maximum absolute atomic E-state index is 13.4. The van der Waals surface area contributed by atoms with E-state index in [2.05, 4.69) is 97.0 Å². The Bertz CT molecular complexity index is 3710. The number of hydrogen-bond donors (Lipinski definition) is 5. The highest BCUT2D eigenvalue weighted by molar-refractivity contribution is 9.08. The molecule has 0 radical (unpaired) electrons. The first-order chi connectivity index (χ1) is 45.8. The fourth-order valence-electron chi connectivity index (χ4n) is 10.7. The Kier molecular flexibility index (Phi) is 25.5. The third kappa shape index (κ3) is 21.2. The van der Waals surface area contributed by atoms with E-state index >= 15 is 0 Å². The Labute approximate surface area is 574 Å². The van der Waals surface area contributed by atoms with E-state index in [0.29, 0.717) is 125 Å². The lowest BCUT2D eigenvalue weighted by Gasteiger charge is -2.29. The summed E-state index contributed by atoms with van der Waals surface area (Å²) in [6.07, 6.45) is 8.64. The van der Waals surface area contributed by atoms with Crippen LogP contribution in [0, 0.1) is 27.7 Å². The molecule has 4 aliphatic carbocycles. The first kappa shape index (κ1) is 73.6. The van der Waals surface area contributed by atoms with Gasteiger partial charge in [0.25, 0.3) is 0 Å². The number of carbonyl (C=O) groups excluding carboxylic acids is 1. The molecule has 8 aromatic heterocycles. The zero-order valence-corrected chi connectivity index (χ0v) is 58.5. The number of alkyl halides is 9. The minimum atomic E-state index is -2.61. The number of carbonyl (C=O) groups is 1. The number of aliphatic hydroxyl groups is 1. The van der Waals surface area contributed by atoms with Crippen LogP contribution in [0.15, 0.2) is 46.3 Å². The number of nitrogens with zero attached hydrogens (tertiary/aromatic N) is 12. The molecule has 12 rings (SSSR count). The third-order valence-corrected chi connectivity index (χ3v) is 20.4. The van der Waals surface area contributed by atoms with E-state index in [-0.39, 0.29) is 94.3 Å². The molecule has 0 aromatic carbocycles. The van der Waals surface area contributed by atoms with Gasteiger partial charge in [0, 0.05) is 174 Å². The Morgan fingerprint density at radius 2 is 0.771 bits per heavy atom. The molecule has 0 bridgehead atoms. The molecular formula is C63H75BrF8N16O4S4. The molecule has 4 fully saturated rings. The van der Waals surface area contributed by atoms with Crippen LogP contribution in [0.1, 0.15) is 159 Å². The summed E-state index contributed by atoms with van der Waals surface area (Å²) < 4.78 is 117. The standard InChI is InChI=1S/C17H20F2N4O2S.C16H20F2N4OS.C15H17BrF2N4S.C15H18F2N4OS/c1-3-25-16(24)12-8-20-14(15-21-10(2)9-26-15)23-13(12)22-11-4-6-17(18,19)7-5-11;1-10-9-24-15(20-10)14-19-7-11(8-23-2)13(22-14)21-12-3-5-16(17,18)6-4-12;1-9-8-23-14(20-9)13-19-7-10(6-16)12(22-13)21-11-2-4-15(17,18)5-3-11;1-9-8-23-14(19-9)13-18-6-10(7-22)12(21-13)20-11-2-4-15(16,17)5-3-11/h8-9,11H,3-7H2,1-2H3,(H,20,22,23);7,9,12H,3-6,8H2,1-2H3,(H,19,21,22);7-8,11H,2-6H2,1H3,(H,19,21,22);6,8,11,22H,2-5,7H2,1H3,(H,18,20,21). The number of halogens is 9. The van der Waals surface area contributed by atoms with Crippen LogP contribution in [0.4, 0.5) is 58.4 Å². The minimum Gasteiger partial charge on any atom is -0.462 e. The summed E-state index contributed by atoms with van der Waals surface area (Å²) in [7, 11) is 1.60. The Hall–Kier alpha value is -6.65. The van der Waals surface area contributed by atoms with E-state index in [0.717, 1.165) is 43.9 Å². The van der Waals surface area contributed by atoms with E-state index in [1.807, 2.05) is 49.2 Å². The maximum Gasteiger partial charge on any atom is 0.343 e. The molecule has 96 heavy (non-hydrogen) atoms. The summed E-state index contributed by atoms with van der Waals surface area (Å²) in [6.45, 7) is 9.70. The molecule has 20 nitrogen and oxygen atoms in total. The molecule has 33 heteroatoms. The van der Waals surface area contributed by atoms with Crippen LogP contribution in [-0.4, -0.2) is 132 Å². The highest BCUT2D eigenvalue weighted by atomic mass is 79.9. The van der Waals surface area contributed by atoms with Crippen molar-refractivity contribution in [2.75, 3.05) is 35.0 Å². The number of aryl methyl sites for hydroxylation is 4. The quantitative estimate of drug-likeness (QED) is 0.0304. The molecule has 518 valence electrons. The molecule has 8 heterocycles. The first-order valence-corrected chi connectivity index (χ1v) is 36.0. The zero-order chi connectivity index (χ0) is 68.8. The largest absolute Gasteiger partial charge is 0.462 e. The van der Waals surface area contributed by atoms with Gasteiger partial charge in [-0.1, -0.05) is 15.9 Å². The number of aliphatic hydroxyl groups excluding tert-OH is 1. The van der Waals surface area contributed by atoms with Crippen molar-refractivity contribution >= 4 is 90.5 Å². The normalized spacial score (nSPS) is 17.8. The van der Waals surface area contributed by atoms with Crippen LogP contribution in [-0.2, 0) is 28.0 Å². The Balaban J connectivity index is 0.000000150. The number of hydrogen-bond acceptors (Lipinski definition) is 24. The number of aromatic nitrogens is 12. The molecular weight excluding hydrogens is 1400 g/mol. The third-order valence-electron chi connectivity index (χ3n) is 16.0. The first-order valence-electron chi connectivity index (χ1n) is 31.3. The van der Waals surface area contributed by atoms with Gasteiger partial charge in [0.15, 0.2) is 43.3 Å². The summed E-state index contributed by atoms with van der Waals surface area (Å²) >= 11 is 9.25. The van der Waals surface area contributed by atoms with Crippen molar-refractivity contribution < 1.29 is 54.5 Å². The zero-order valence-electron chi connectivity index (χ0n) is 53.6. The van der Waals surface area contributed by atoms with Crippen molar-refractivity contribution in [2.24, 2.45) is 0 Å². The summed E-state index contributed by atoms with van der Waals surface area (Å²) in [5, 5.41) is 33.5. The average molecular weight is 1480 g/mol. The van der Waals surface area contributed by atoms with Crippen molar-refractivity contribution in [2.45, 2.75) is 204 Å². The number of esters is 1. The number of anilines is 4. The van der Waals surface area contributed by atoms with Crippen molar-refractivity contribution in [3.8, 4) is 43.3 Å². The van der Waals surface area contributed by atoms with Crippen LogP contribution >= 0.6 is 61.3 Å². The van der Waals surface area contributed by atoms with E-state index in [9.17, 15) is 45.0 Å². The molecule has 0 aliphatic heterocycles. The molecule has 0 saturated heterocycles. The lowest BCUT2D eigenvalue weighted by Crippen LogP contribution is -2.33. The van der Waals surface area contributed by atoms with E-state index < -0.39 is 29.7 Å². The second-order valence-corrected chi connectivity index (χ2v) is 27.9. The summed E-state index contributed by atoms with van der Waals surface area (Å²) in [5.41, 5.74) is 6.08. The lowest BCUT2D eigenvalue weighted by atomic mass is 9.92. The predicted molar refractivity (Wildman–Crippen MR) is 360 cm³/mol. The van der Waals surface area contributed by atoms with Crippen molar-refractivity contribution in [1.29, 1.82) is 0 Å². The van der Waals surface area contributed by atoms with Crippen molar-refractivity contribution in [1.82, 2.24) is 59.8 Å². The van der Waals surface area contributed by atoms with Gasteiger partial charge in [-0.05, 0) is 86.0 Å². The van der Waals surface area contributed by atoms with Crippen molar-refractivity contribution in [3.63, 3.8) is 0 Å². The van der Waals surface area contributed by atoms with Gasteiger partial charge in [0.05, 0.1) is 19.8 Å². The van der Waals surface area contributed by atoms with Crippen LogP contribution in [0.25, 0.3) is 43.3 Å². The van der Waals surface area contributed by atoms with Gasteiger partial charge < -0.3 is 35.8 Å². The van der Waals surface area contributed by atoms with Gasteiger partial charge in [-0.25, -0.2) is 99.7 Å². The topological polar surface area (TPSA) is 259 Å². The number of methoxy groups -OCH3 is 1. The van der Waals surface area contributed by atoms with E-state index in [1.165, 1.54) is 51.5 Å². The fourth-order valence-corrected chi connectivity index (χ4v) is 14.0. The molecule has 4 saturated carbocycles. The van der Waals surface area contributed by atoms with Gasteiger partial charge in [0.1, 0.15) is 28.8 Å². The molecule has 0 unspecified atom stereocenters. The maximum atomic E-state index is 13.4. The molecule has 0 amide bonds. The highest BCUT2D eigenvalue weighted by Crippen LogP contribution is 2.39. The monoisotopic (exact) mass is 1480 g/mol. The van der Waals surface area contributed by atoms with Crippen LogP contribution < -0.4 is 21.3 Å². The number of nitrogens with one attached hydrogen (secondary N) is 4. The summed E-state index contributed by atoms with van der Waals surface area (Å²) in [5.74, 6) is -6.66. The van der Waals surface area contributed by atoms with Crippen LogP contribution in [0.2, 0.25) is 0 Å². The minimum absolute atomic E-state index is 0.0130. The second-order valence-electron chi connectivity index (χ2n) is 23.9. The van der Waals surface area contributed by atoms with Gasteiger partial charge in [-0.2, -0.15) is 0 Å². The van der Waals surface area contributed by atoms with Gasteiger partial charge >= 0.3 is 5.97 Å².